The number of rotatable bonds is 9. The van der Waals surface area contributed by atoms with Crippen molar-refractivity contribution in [1.29, 1.82) is 0 Å². The molecule has 0 aliphatic heterocycles. The highest BCUT2D eigenvalue weighted by atomic mass is 79.9. The molecule has 0 bridgehead atoms. The third-order valence-electron chi connectivity index (χ3n) is 4.57. The van der Waals surface area contributed by atoms with Crippen molar-refractivity contribution < 1.29 is 19.0 Å². The molecule has 3 rings (SSSR count). The van der Waals surface area contributed by atoms with Crippen LogP contribution in [0.4, 0.5) is 0 Å². The van der Waals surface area contributed by atoms with E-state index >= 15 is 0 Å². The summed E-state index contributed by atoms with van der Waals surface area (Å²) in [5.41, 5.74) is 6.38. The van der Waals surface area contributed by atoms with E-state index in [1.165, 1.54) is 6.21 Å². The number of aryl methyl sites for hydroxylation is 2. The molecule has 0 saturated carbocycles. The van der Waals surface area contributed by atoms with E-state index in [1.807, 2.05) is 68.4 Å². The molecule has 1 amide bonds. The molecule has 0 unspecified atom stereocenters. The maximum absolute atomic E-state index is 12.0. The summed E-state index contributed by atoms with van der Waals surface area (Å²) in [4.78, 5) is 12.0. The summed E-state index contributed by atoms with van der Waals surface area (Å²) in [6.07, 6.45) is 1.53. The van der Waals surface area contributed by atoms with Crippen LogP contribution in [-0.4, -0.2) is 25.8 Å². The quantitative estimate of drug-likeness (QED) is 0.327. The highest BCUT2D eigenvalue weighted by molar-refractivity contribution is 9.10. The number of benzene rings is 3. The molecule has 0 atom stereocenters. The largest absolute Gasteiger partial charge is 0.493 e. The fourth-order valence-corrected chi connectivity index (χ4v) is 3.57. The Morgan fingerprint density at radius 3 is 2.53 bits per heavy atom. The monoisotopic (exact) mass is 496 g/mol. The summed E-state index contributed by atoms with van der Waals surface area (Å²) in [6.45, 7) is 4.24. The molecule has 7 heteroatoms. The van der Waals surface area contributed by atoms with Crippen LogP contribution in [0.25, 0.3) is 0 Å². The number of hydrazone groups is 1. The van der Waals surface area contributed by atoms with Crippen molar-refractivity contribution in [3.8, 4) is 17.2 Å². The minimum Gasteiger partial charge on any atom is -0.493 e. The summed E-state index contributed by atoms with van der Waals surface area (Å²) >= 11 is 3.52. The molecule has 0 aliphatic carbocycles. The van der Waals surface area contributed by atoms with E-state index < -0.39 is 0 Å². The van der Waals surface area contributed by atoms with Gasteiger partial charge in [-0.05, 0) is 64.7 Å². The van der Waals surface area contributed by atoms with Crippen molar-refractivity contribution in [3.63, 3.8) is 0 Å². The van der Waals surface area contributed by atoms with Crippen LogP contribution in [0.5, 0.6) is 17.2 Å². The fourth-order valence-electron chi connectivity index (χ4n) is 3.00. The fraction of sp³-hybridized carbons (Fsp3) is 0.200. The number of carbonyl (C=O) groups excluding carboxylic acids is 1. The summed E-state index contributed by atoms with van der Waals surface area (Å²) < 4.78 is 17.7. The molecule has 0 saturated heterocycles. The number of methoxy groups -OCH3 is 1. The summed E-state index contributed by atoms with van der Waals surface area (Å²) in [6, 6.07) is 19.3. The maximum Gasteiger partial charge on any atom is 0.277 e. The van der Waals surface area contributed by atoms with Crippen molar-refractivity contribution in [1.82, 2.24) is 5.43 Å². The van der Waals surface area contributed by atoms with Gasteiger partial charge < -0.3 is 14.2 Å². The van der Waals surface area contributed by atoms with Crippen LogP contribution in [0.15, 0.2) is 70.2 Å². The molecule has 0 spiro atoms. The topological polar surface area (TPSA) is 69.2 Å². The van der Waals surface area contributed by atoms with Crippen molar-refractivity contribution in [2.24, 2.45) is 5.10 Å². The van der Waals surface area contributed by atoms with E-state index in [9.17, 15) is 4.79 Å². The van der Waals surface area contributed by atoms with Crippen LogP contribution < -0.4 is 19.6 Å². The van der Waals surface area contributed by atoms with Crippen molar-refractivity contribution in [2.45, 2.75) is 20.5 Å². The van der Waals surface area contributed by atoms with Gasteiger partial charge in [-0.15, -0.1) is 0 Å². The zero-order chi connectivity index (χ0) is 22.9. The number of nitrogens with one attached hydrogen (secondary N) is 1. The second-order valence-corrected chi connectivity index (χ2v) is 8.01. The summed E-state index contributed by atoms with van der Waals surface area (Å²) in [5.74, 6) is 1.48. The van der Waals surface area contributed by atoms with E-state index in [0.29, 0.717) is 23.9 Å². The lowest BCUT2D eigenvalue weighted by atomic mass is 10.1. The number of hydrogen-bond donors (Lipinski definition) is 1. The first kappa shape index (κ1) is 23.3. The van der Waals surface area contributed by atoms with Crippen LogP contribution in [0.3, 0.4) is 0 Å². The highest BCUT2D eigenvalue weighted by Crippen LogP contribution is 2.36. The molecule has 32 heavy (non-hydrogen) atoms. The SMILES string of the molecule is COc1cc(/C=N\NC(=O)COc2ccc(C)cc2C)cc(Br)c1OCc1ccccc1. The van der Waals surface area contributed by atoms with Crippen LogP contribution in [0.2, 0.25) is 0 Å². The Labute approximate surface area is 196 Å². The number of ether oxygens (including phenoxy) is 3. The zero-order valence-electron chi connectivity index (χ0n) is 18.2. The summed E-state index contributed by atoms with van der Waals surface area (Å²) in [5, 5.41) is 4.01. The molecular weight excluding hydrogens is 472 g/mol. The third kappa shape index (κ3) is 6.59. The van der Waals surface area contributed by atoms with E-state index in [-0.39, 0.29) is 12.5 Å². The number of nitrogens with zero attached hydrogens (tertiary/aromatic N) is 1. The Bertz CT molecular complexity index is 1100. The molecule has 3 aromatic carbocycles. The van der Waals surface area contributed by atoms with Crippen molar-refractivity contribution >= 4 is 28.1 Å². The predicted octanol–water partition coefficient (Wildman–Crippen LogP) is 5.18. The average Bonchev–Trinajstić information content (AvgIpc) is 2.78. The Balaban J connectivity index is 1.57. The van der Waals surface area contributed by atoms with E-state index in [1.54, 1.807) is 13.2 Å². The molecule has 0 fully saturated rings. The van der Waals surface area contributed by atoms with Crippen LogP contribution >= 0.6 is 15.9 Å². The number of carbonyl (C=O) groups is 1. The zero-order valence-corrected chi connectivity index (χ0v) is 19.8. The van der Waals surface area contributed by atoms with Crippen molar-refractivity contribution in [3.05, 3.63) is 87.4 Å². The van der Waals surface area contributed by atoms with Crippen LogP contribution in [0.1, 0.15) is 22.3 Å². The van der Waals surface area contributed by atoms with E-state index in [2.05, 4.69) is 26.5 Å². The average molecular weight is 497 g/mol. The lowest BCUT2D eigenvalue weighted by molar-refractivity contribution is -0.123. The first-order chi connectivity index (χ1) is 15.5. The molecule has 1 N–H and O–H groups in total. The Kier molecular flexibility index (Phi) is 8.27. The molecule has 0 radical (unpaired) electrons. The standard InChI is InChI=1S/C25H25BrN2O4/c1-17-9-10-22(18(2)11-17)31-16-24(29)28-27-14-20-12-21(26)25(23(13-20)30-3)32-15-19-7-5-4-6-8-19/h4-14H,15-16H2,1-3H3,(H,28,29)/b27-14-. The van der Waals surface area contributed by atoms with Gasteiger partial charge in [0.05, 0.1) is 17.8 Å². The van der Waals surface area contributed by atoms with Crippen LogP contribution in [-0.2, 0) is 11.4 Å². The van der Waals surface area contributed by atoms with Gasteiger partial charge in [0.25, 0.3) is 5.91 Å². The number of amides is 1. The number of hydrogen-bond acceptors (Lipinski definition) is 5. The Hall–Kier alpha value is -3.32. The lowest BCUT2D eigenvalue weighted by Gasteiger charge is -2.13. The minimum absolute atomic E-state index is 0.124. The normalized spacial score (nSPS) is 10.8. The van der Waals surface area contributed by atoms with Crippen molar-refractivity contribution in [2.75, 3.05) is 13.7 Å². The molecular formula is C25H25BrN2O4. The number of halogens is 1. The van der Waals surface area contributed by atoms with E-state index in [4.69, 9.17) is 14.2 Å². The molecule has 0 aromatic heterocycles. The summed E-state index contributed by atoms with van der Waals surface area (Å²) in [7, 11) is 1.57. The van der Waals surface area contributed by atoms with Crippen LogP contribution in [0, 0.1) is 13.8 Å². The molecule has 3 aromatic rings. The highest BCUT2D eigenvalue weighted by Gasteiger charge is 2.12. The van der Waals surface area contributed by atoms with Gasteiger partial charge in [-0.25, -0.2) is 5.43 Å². The smallest absolute Gasteiger partial charge is 0.277 e. The van der Waals surface area contributed by atoms with Gasteiger partial charge in [0.15, 0.2) is 18.1 Å². The van der Waals surface area contributed by atoms with Gasteiger partial charge in [-0.1, -0.05) is 48.0 Å². The first-order valence-corrected chi connectivity index (χ1v) is 10.8. The van der Waals surface area contributed by atoms with E-state index in [0.717, 1.165) is 26.7 Å². The first-order valence-electron chi connectivity index (χ1n) is 10.0. The predicted molar refractivity (Wildman–Crippen MR) is 129 cm³/mol. The van der Waals surface area contributed by atoms with Gasteiger partial charge in [0, 0.05) is 0 Å². The molecule has 0 aliphatic rings. The van der Waals surface area contributed by atoms with Gasteiger partial charge >= 0.3 is 0 Å². The van der Waals surface area contributed by atoms with Gasteiger partial charge in [0.2, 0.25) is 0 Å². The van der Waals surface area contributed by atoms with Gasteiger partial charge in [-0.2, -0.15) is 5.10 Å². The lowest BCUT2D eigenvalue weighted by Crippen LogP contribution is -2.24. The molecule has 0 heterocycles. The third-order valence-corrected chi connectivity index (χ3v) is 5.16. The molecule has 166 valence electrons. The minimum atomic E-state index is -0.352. The van der Waals surface area contributed by atoms with Gasteiger partial charge in [0.1, 0.15) is 12.4 Å². The Morgan fingerprint density at radius 2 is 1.81 bits per heavy atom. The Morgan fingerprint density at radius 1 is 1.03 bits per heavy atom. The molecule has 6 nitrogen and oxygen atoms in total. The maximum atomic E-state index is 12.0. The van der Waals surface area contributed by atoms with Gasteiger partial charge in [-0.3, -0.25) is 4.79 Å². The second kappa shape index (κ2) is 11.3. The second-order valence-electron chi connectivity index (χ2n) is 7.16.